The summed E-state index contributed by atoms with van der Waals surface area (Å²) in [4.78, 5) is 19.4. The van der Waals surface area contributed by atoms with Crippen molar-refractivity contribution < 1.29 is 9.53 Å². The molecule has 0 bridgehead atoms. The minimum absolute atomic E-state index is 0.143. The van der Waals surface area contributed by atoms with E-state index < -0.39 is 0 Å². The van der Waals surface area contributed by atoms with Gasteiger partial charge in [-0.1, -0.05) is 24.3 Å². The first-order valence-corrected chi connectivity index (χ1v) is 10.6. The number of likely N-dealkylation sites (N-methyl/N-ethyl adjacent to an activating group) is 1. The molecular formula is C22H28N2O2S. The van der Waals surface area contributed by atoms with Crippen molar-refractivity contribution in [3.8, 4) is 0 Å². The second-order valence-corrected chi connectivity index (χ2v) is 8.91. The maximum Gasteiger partial charge on any atom is 0.263 e. The standard InChI is InChI=1S/C22H28N2O2S/c1-23(22(25)21-10-9-20(27-21)15-26-2)18-8-5-11-24(14-18)19-12-16-6-3-4-7-17(16)13-19/h3-4,6-7,9-10,18-19H,5,8,11-15H2,1-2H3/t18-/m0/s1. The van der Waals surface area contributed by atoms with E-state index in [1.807, 2.05) is 24.1 Å². The van der Waals surface area contributed by atoms with Crippen LogP contribution in [-0.2, 0) is 24.2 Å². The normalized spacial score (nSPS) is 20.6. The largest absolute Gasteiger partial charge is 0.379 e. The maximum absolute atomic E-state index is 12.9. The van der Waals surface area contributed by atoms with E-state index in [2.05, 4.69) is 29.2 Å². The second-order valence-electron chi connectivity index (χ2n) is 7.74. The highest BCUT2D eigenvalue weighted by Gasteiger charge is 2.33. The summed E-state index contributed by atoms with van der Waals surface area (Å²) in [6, 6.07) is 13.6. The molecule has 1 atom stereocenters. The molecule has 2 aliphatic rings. The molecule has 1 fully saturated rings. The number of fused-ring (bicyclic) bond motifs is 1. The molecular weight excluding hydrogens is 356 g/mol. The number of methoxy groups -OCH3 is 1. The lowest BCUT2D eigenvalue weighted by molar-refractivity contribution is 0.0559. The van der Waals surface area contributed by atoms with Crippen molar-refractivity contribution in [3.05, 3.63) is 57.3 Å². The van der Waals surface area contributed by atoms with Crippen LogP contribution < -0.4 is 0 Å². The molecule has 27 heavy (non-hydrogen) atoms. The number of likely N-dealkylation sites (tertiary alicyclic amines) is 1. The second kappa shape index (κ2) is 8.13. The third-order valence-electron chi connectivity index (χ3n) is 6.00. The highest BCUT2D eigenvalue weighted by Crippen LogP contribution is 2.29. The number of hydrogen-bond acceptors (Lipinski definition) is 4. The Morgan fingerprint density at radius 1 is 1.22 bits per heavy atom. The average Bonchev–Trinajstić information content (AvgIpc) is 3.34. The summed E-state index contributed by atoms with van der Waals surface area (Å²) in [6.45, 7) is 2.70. The summed E-state index contributed by atoms with van der Waals surface area (Å²) in [6.07, 6.45) is 4.54. The van der Waals surface area contributed by atoms with Crippen LogP contribution >= 0.6 is 11.3 Å². The molecule has 144 valence electrons. The summed E-state index contributed by atoms with van der Waals surface area (Å²) >= 11 is 1.55. The number of ether oxygens (including phenoxy) is 1. The summed E-state index contributed by atoms with van der Waals surface area (Å²) < 4.78 is 5.17. The number of nitrogens with zero attached hydrogens (tertiary/aromatic N) is 2. The predicted molar refractivity (Wildman–Crippen MR) is 109 cm³/mol. The Balaban J connectivity index is 1.39. The minimum atomic E-state index is 0.143. The number of carbonyl (C=O) groups excluding carboxylic acids is 1. The van der Waals surface area contributed by atoms with Gasteiger partial charge in [-0.15, -0.1) is 11.3 Å². The number of hydrogen-bond donors (Lipinski definition) is 0. The SMILES string of the molecule is COCc1ccc(C(=O)N(C)[C@H]2CCCN(C3Cc4ccccc4C3)C2)s1. The topological polar surface area (TPSA) is 32.8 Å². The van der Waals surface area contributed by atoms with Gasteiger partial charge in [0.25, 0.3) is 5.91 Å². The maximum atomic E-state index is 12.9. The lowest BCUT2D eigenvalue weighted by Gasteiger charge is -2.40. The number of amides is 1. The predicted octanol–water partition coefficient (Wildman–Crippen LogP) is 3.60. The van der Waals surface area contributed by atoms with Gasteiger partial charge in [-0.25, -0.2) is 0 Å². The lowest BCUT2D eigenvalue weighted by Crippen LogP contribution is -2.51. The van der Waals surface area contributed by atoms with E-state index in [-0.39, 0.29) is 5.91 Å². The van der Waals surface area contributed by atoms with Gasteiger partial charge in [0.1, 0.15) is 0 Å². The molecule has 1 aromatic heterocycles. The zero-order chi connectivity index (χ0) is 18.8. The molecule has 1 aliphatic heterocycles. The number of benzene rings is 1. The molecule has 1 amide bonds. The van der Waals surface area contributed by atoms with Crippen LogP contribution in [0.2, 0.25) is 0 Å². The van der Waals surface area contributed by atoms with Gasteiger partial charge in [0.2, 0.25) is 0 Å². The molecule has 0 N–H and O–H groups in total. The van der Waals surface area contributed by atoms with Gasteiger partial charge in [-0.05, 0) is 55.5 Å². The zero-order valence-electron chi connectivity index (χ0n) is 16.2. The number of thiophene rings is 1. The van der Waals surface area contributed by atoms with Gasteiger partial charge in [0.05, 0.1) is 11.5 Å². The van der Waals surface area contributed by atoms with E-state index in [0.29, 0.717) is 18.7 Å². The first-order chi connectivity index (χ1) is 13.2. The van der Waals surface area contributed by atoms with E-state index in [1.54, 1.807) is 18.4 Å². The Morgan fingerprint density at radius 3 is 2.67 bits per heavy atom. The number of rotatable bonds is 5. The number of piperidine rings is 1. The summed E-state index contributed by atoms with van der Waals surface area (Å²) in [5.74, 6) is 0.143. The van der Waals surface area contributed by atoms with Crippen molar-refractivity contribution in [1.82, 2.24) is 9.80 Å². The van der Waals surface area contributed by atoms with Gasteiger partial charge in [0, 0.05) is 37.7 Å². The van der Waals surface area contributed by atoms with E-state index in [1.165, 1.54) is 11.1 Å². The quantitative estimate of drug-likeness (QED) is 0.790. The third kappa shape index (κ3) is 3.96. The van der Waals surface area contributed by atoms with Crippen molar-refractivity contribution in [2.45, 2.75) is 44.4 Å². The van der Waals surface area contributed by atoms with E-state index in [0.717, 1.165) is 48.5 Å². The first-order valence-electron chi connectivity index (χ1n) is 9.81. The third-order valence-corrected chi connectivity index (χ3v) is 7.05. The van der Waals surface area contributed by atoms with Crippen molar-refractivity contribution >= 4 is 17.2 Å². The van der Waals surface area contributed by atoms with E-state index in [9.17, 15) is 4.79 Å². The van der Waals surface area contributed by atoms with Crippen molar-refractivity contribution in [1.29, 1.82) is 0 Å². The van der Waals surface area contributed by atoms with Crippen LogP contribution in [0.15, 0.2) is 36.4 Å². The van der Waals surface area contributed by atoms with Crippen LogP contribution in [-0.4, -0.2) is 55.0 Å². The van der Waals surface area contributed by atoms with Crippen LogP contribution in [0.1, 0.15) is 38.5 Å². The minimum Gasteiger partial charge on any atom is -0.379 e. The zero-order valence-corrected chi connectivity index (χ0v) is 17.0. The van der Waals surface area contributed by atoms with Crippen molar-refractivity contribution in [2.75, 3.05) is 27.2 Å². The van der Waals surface area contributed by atoms with Crippen LogP contribution in [0.3, 0.4) is 0 Å². The summed E-state index contributed by atoms with van der Waals surface area (Å²) in [5, 5.41) is 0. The molecule has 5 heteroatoms. The van der Waals surface area contributed by atoms with Gasteiger partial charge < -0.3 is 9.64 Å². The lowest BCUT2D eigenvalue weighted by atomic mass is 10.0. The molecule has 0 spiro atoms. The fourth-order valence-corrected chi connectivity index (χ4v) is 5.44. The highest BCUT2D eigenvalue weighted by molar-refractivity contribution is 7.14. The fourth-order valence-electron chi connectivity index (χ4n) is 4.48. The van der Waals surface area contributed by atoms with E-state index >= 15 is 0 Å². The van der Waals surface area contributed by atoms with Crippen molar-refractivity contribution in [3.63, 3.8) is 0 Å². The molecule has 1 aromatic carbocycles. The van der Waals surface area contributed by atoms with Crippen LogP contribution in [0, 0.1) is 0 Å². The summed E-state index contributed by atoms with van der Waals surface area (Å²) in [7, 11) is 3.65. The molecule has 0 saturated carbocycles. The Labute approximate surface area is 165 Å². The Morgan fingerprint density at radius 2 is 1.96 bits per heavy atom. The van der Waals surface area contributed by atoms with Gasteiger partial charge in [-0.2, -0.15) is 0 Å². The molecule has 4 nitrogen and oxygen atoms in total. The molecule has 1 saturated heterocycles. The highest BCUT2D eigenvalue weighted by atomic mass is 32.1. The van der Waals surface area contributed by atoms with Gasteiger partial charge >= 0.3 is 0 Å². The molecule has 1 aliphatic carbocycles. The average molecular weight is 385 g/mol. The van der Waals surface area contributed by atoms with Crippen LogP contribution in [0.5, 0.6) is 0 Å². The molecule has 0 unspecified atom stereocenters. The van der Waals surface area contributed by atoms with Gasteiger partial charge in [-0.3, -0.25) is 9.69 Å². The van der Waals surface area contributed by atoms with Gasteiger partial charge in [0.15, 0.2) is 0 Å². The Kier molecular flexibility index (Phi) is 5.62. The Hall–Kier alpha value is -1.69. The smallest absolute Gasteiger partial charge is 0.263 e. The molecule has 2 heterocycles. The van der Waals surface area contributed by atoms with Crippen LogP contribution in [0.25, 0.3) is 0 Å². The fraction of sp³-hybridized carbons (Fsp3) is 0.500. The number of carbonyl (C=O) groups is 1. The summed E-state index contributed by atoms with van der Waals surface area (Å²) in [5.41, 5.74) is 3.00. The van der Waals surface area contributed by atoms with E-state index in [4.69, 9.17) is 4.74 Å². The van der Waals surface area contributed by atoms with Crippen LogP contribution in [0.4, 0.5) is 0 Å². The van der Waals surface area contributed by atoms with Crippen molar-refractivity contribution in [2.24, 2.45) is 0 Å². The Bertz CT molecular complexity index is 778. The molecule has 4 rings (SSSR count). The molecule has 2 aromatic rings. The first kappa shape index (κ1) is 18.7. The monoisotopic (exact) mass is 384 g/mol. The molecule has 0 radical (unpaired) electrons.